The lowest BCUT2D eigenvalue weighted by atomic mass is 10.2. The summed E-state index contributed by atoms with van der Waals surface area (Å²) in [5.41, 5.74) is 6.12. The lowest BCUT2D eigenvalue weighted by Crippen LogP contribution is -2.29. The van der Waals surface area contributed by atoms with E-state index in [2.05, 4.69) is 20.7 Å². The van der Waals surface area contributed by atoms with Crippen LogP contribution in [0.3, 0.4) is 0 Å². The largest absolute Gasteiger partial charge is 0.329 e. The van der Waals surface area contributed by atoms with E-state index in [1.807, 2.05) is 13.0 Å². The molecule has 16 heavy (non-hydrogen) atoms. The molecule has 0 heterocycles. The van der Waals surface area contributed by atoms with Gasteiger partial charge in [0.1, 0.15) is 0 Å². The molecule has 1 aromatic carbocycles. The first-order valence-electron chi connectivity index (χ1n) is 4.42. The van der Waals surface area contributed by atoms with E-state index in [1.54, 1.807) is 12.1 Å². The van der Waals surface area contributed by atoms with Gasteiger partial charge >= 0.3 is 0 Å². The van der Waals surface area contributed by atoms with Crippen LogP contribution in [0.1, 0.15) is 5.56 Å². The fourth-order valence-electron chi connectivity index (χ4n) is 1.13. The first-order valence-corrected chi connectivity index (χ1v) is 6.70. The molecule has 0 aliphatic heterocycles. The third-order valence-corrected chi connectivity index (χ3v) is 3.66. The van der Waals surface area contributed by atoms with Crippen molar-refractivity contribution in [3.05, 3.63) is 28.2 Å². The summed E-state index contributed by atoms with van der Waals surface area (Å²) in [5.74, 6) is 0. The van der Waals surface area contributed by atoms with Crippen LogP contribution in [-0.4, -0.2) is 21.5 Å². The van der Waals surface area contributed by atoms with E-state index in [-0.39, 0.29) is 30.4 Å². The van der Waals surface area contributed by atoms with Crippen molar-refractivity contribution in [1.29, 1.82) is 0 Å². The molecule has 0 bridgehead atoms. The van der Waals surface area contributed by atoms with E-state index in [0.717, 1.165) is 10.0 Å². The minimum absolute atomic E-state index is 0. The fourth-order valence-corrected chi connectivity index (χ4v) is 3.07. The Morgan fingerprint density at radius 1 is 1.38 bits per heavy atom. The van der Waals surface area contributed by atoms with Gasteiger partial charge in [0, 0.05) is 17.6 Å². The van der Waals surface area contributed by atoms with Crippen LogP contribution in [0.15, 0.2) is 27.6 Å². The van der Waals surface area contributed by atoms with Gasteiger partial charge in [-0.2, -0.15) is 0 Å². The molecule has 0 aromatic heterocycles. The molecule has 0 aliphatic carbocycles. The van der Waals surface area contributed by atoms with Gasteiger partial charge in [-0.25, -0.2) is 13.1 Å². The van der Waals surface area contributed by atoms with Gasteiger partial charge in [0.15, 0.2) is 0 Å². The second kappa shape index (κ2) is 6.56. The topological polar surface area (TPSA) is 72.2 Å². The van der Waals surface area contributed by atoms with Crippen LogP contribution in [0.25, 0.3) is 0 Å². The summed E-state index contributed by atoms with van der Waals surface area (Å²) in [6, 6.07) is 5.03. The van der Waals surface area contributed by atoms with Crippen LogP contribution in [0, 0.1) is 6.92 Å². The third kappa shape index (κ3) is 4.39. The maximum Gasteiger partial charge on any atom is 0.240 e. The minimum Gasteiger partial charge on any atom is -0.329 e. The van der Waals surface area contributed by atoms with Crippen LogP contribution in [-0.2, 0) is 10.0 Å². The van der Waals surface area contributed by atoms with Crippen LogP contribution >= 0.6 is 28.3 Å². The number of hydrogen-bond donors (Lipinski definition) is 2. The molecule has 0 fully saturated rings. The van der Waals surface area contributed by atoms with E-state index in [9.17, 15) is 8.42 Å². The van der Waals surface area contributed by atoms with Crippen molar-refractivity contribution in [2.24, 2.45) is 5.73 Å². The molecule has 0 unspecified atom stereocenters. The normalized spacial score (nSPS) is 10.9. The molecule has 1 rings (SSSR count). The van der Waals surface area contributed by atoms with E-state index < -0.39 is 10.0 Å². The Bertz CT molecular complexity index is 431. The lowest BCUT2D eigenvalue weighted by Gasteiger charge is -2.06. The fraction of sp³-hybridized carbons (Fsp3) is 0.333. The Morgan fingerprint density at radius 3 is 2.50 bits per heavy atom. The molecule has 0 spiro atoms. The molecular weight excluding hydrogens is 316 g/mol. The van der Waals surface area contributed by atoms with Crippen molar-refractivity contribution in [2.45, 2.75) is 11.8 Å². The molecule has 0 amide bonds. The summed E-state index contributed by atoms with van der Waals surface area (Å²) in [6.07, 6.45) is 0. The number of benzene rings is 1. The monoisotopic (exact) mass is 328 g/mol. The van der Waals surface area contributed by atoms with E-state index in [1.165, 1.54) is 0 Å². The molecule has 92 valence electrons. The predicted octanol–water partition coefficient (Wildman–Crippen LogP) is 1.42. The van der Waals surface area contributed by atoms with E-state index in [4.69, 9.17) is 5.73 Å². The molecule has 0 saturated carbocycles. The highest BCUT2D eigenvalue weighted by atomic mass is 79.9. The SMILES string of the molecule is Cc1cc(Br)cc(S(=O)(=O)NCCN)c1.Cl. The first kappa shape index (κ1) is 15.9. The average Bonchev–Trinajstić information content (AvgIpc) is 2.13. The molecule has 7 heteroatoms. The zero-order valence-electron chi connectivity index (χ0n) is 8.73. The maximum atomic E-state index is 11.7. The van der Waals surface area contributed by atoms with Gasteiger partial charge in [0.2, 0.25) is 10.0 Å². The number of halogens is 2. The zero-order valence-corrected chi connectivity index (χ0v) is 12.0. The predicted molar refractivity (Wildman–Crippen MR) is 70.4 cm³/mol. The van der Waals surface area contributed by atoms with Crippen LogP contribution in [0.5, 0.6) is 0 Å². The summed E-state index contributed by atoms with van der Waals surface area (Å²) < 4.78 is 26.6. The molecule has 0 atom stereocenters. The number of hydrogen-bond acceptors (Lipinski definition) is 3. The summed E-state index contributed by atoms with van der Waals surface area (Å²) in [5, 5.41) is 0. The van der Waals surface area contributed by atoms with Gasteiger partial charge < -0.3 is 5.73 Å². The van der Waals surface area contributed by atoms with Crippen LogP contribution in [0.4, 0.5) is 0 Å². The molecule has 3 N–H and O–H groups in total. The van der Waals surface area contributed by atoms with Gasteiger partial charge in [0.05, 0.1) is 4.90 Å². The van der Waals surface area contributed by atoms with Crippen molar-refractivity contribution < 1.29 is 8.42 Å². The standard InChI is InChI=1S/C9H13BrN2O2S.ClH/c1-7-4-8(10)6-9(5-7)15(13,14)12-3-2-11;/h4-6,12H,2-3,11H2,1H3;1H. The first-order chi connectivity index (χ1) is 6.95. The molecule has 1 aromatic rings. The molecule has 0 saturated heterocycles. The summed E-state index contributed by atoms with van der Waals surface area (Å²) in [4.78, 5) is 0.253. The Morgan fingerprint density at radius 2 is 2.00 bits per heavy atom. The van der Waals surface area contributed by atoms with E-state index >= 15 is 0 Å². The van der Waals surface area contributed by atoms with Gasteiger partial charge in [-0.05, 0) is 30.7 Å². The van der Waals surface area contributed by atoms with Crippen molar-refractivity contribution >= 4 is 38.4 Å². The van der Waals surface area contributed by atoms with Gasteiger partial charge in [-0.3, -0.25) is 0 Å². The second-order valence-electron chi connectivity index (χ2n) is 3.15. The van der Waals surface area contributed by atoms with Crippen LogP contribution < -0.4 is 10.5 Å². The minimum atomic E-state index is -3.43. The highest BCUT2D eigenvalue weighted by molar-refractivity contribution is 9.10. The Kier molecular flexibility index (Phi) is 6.50. The average molecular weight is 330 g/mol. The highest BCUT2D eigenvalue weighted by Crippen LogP contribution is 2.18. The van der Waals surface area contributed by atoms with E-state index in [0.29, 0.717) is 0 Å². The summed E-state index contributed by atoms with van der Waals surface area (Å²) >= 11 is 3.26. The molecule has 0 aliphatic rings. The van der Waals surface area contributed by atoms with Gasteiger partial charge in [-0.15, -0.1) is 12.4 Å². The molecule has 0 radical (unpaired) electrons. The molecule has 4 nitrogen and oxygen atoms in total. The number of nitrogens with one attached hydrogen (secondary N) is 1. The third-order valence-electron chi connectivity index (χ3n) is 1.76. The van der Waals surface area contributed by atoms with Crippen molar-refractivity contribution in [3.8, 4) is 0 Å². The Balaban J connectivity index is 0.00000225. The number of aryl methyl sites for hydroxylation is 1. The number of rotatable bonds is 4. The summed E-state index contributed by atoms with van der Waals surface area (Å²) in [7, 11) is -3.43. The Hall–Kier alpha value is -0.140. The number of sulfonamides is 1. The zero-order chi connectivity index (χ0) is 11.5. The van der Waals surface area contributed by atoms with Crippen molar-refractivity contribution in [2.75, 3.05) is 13.1 Å². The van der Waals surface area contributed by atoms with Crippen LogP contribution in [0.2, 0.25) is 0 Å². The quantitative estimate of drug-likeness (QED) is 0.877. The van der Waals surface area contributed by atoms with Crippen molar-refractivity contribution in [1.82, 2.24) is 4.72 Å². The lowest BCUT2D eigenvalue weighted by molar-refractivity contribution is 0.582. The highest BCUT2D eigenvalue weighted by Gasteiger charge is 2.13. The molecular formula is C9H14BrClN2O2S. The van der Waals surface area contributed by atoms with Gasteiger partial charge in [0.25, 0.3) is 0 Å². The summed E-state index contributed by atoms with van der Waals surface area (Å²) in [6.45, 7) is 2.37. The second-order valence-corrected chi connectivity index (χ2v) is 5.83. The number of nitrogens with two attached hydrogens (primary N) is 1. The van der Waals surface area contributed by atoms with Crippen molar-refractivity contribution in [3.63, 3.8) is 0 Å². The smallest absolute Gasteiger partial charge is 0.240 e. The maximum absolute atomic E-state index is 11.7. The Labute approximate surface area is 110 Å². The van der Waals surface area contributed by atoms with Gasteiger partial charge in [-0.1, -0.05) is 15.9 Å².